The van der Waals surface area contributed by atoms with Gasteiger partial charge < -0.3 is 9.73 Å². The van der Waals surface area contributed by atoms with E-state index in [0.717, 1.165) is 38.2 Å². The molecule has 2 aromatic heterocycles. The second-order valence-corrected chi connectivity index (χ2v) is 4.31. The predicted molar refractivity (Wildman–Crippen MR) is 71.4 cm³/mol. The Kier molecular flexibility index (Phi) is 4.59. The predicted octanol–water partition coefficient (Wildman–Crippen LogP) is 2.39. The highest BCUT2D eigenvalue weighted by molar-refractivity contribution is 5.10. The highest BCUT2D eigenvalue weighted by atomic mass is 16.3. The highest BCUT2D eigenvalue weighted by Crippen LogP contribution is 2.06. The molecule has 0 aliphatic rings. The van der Waals surface area contributed by atoms with Crippen molar-refractivity contribution in [1.82, 2.24) is 15.1 Å². The largest absolute Gasteiger partial charge is 0.468 e. The van der Waals surface area contributed by atoms with Gasteiger partial charge in [0.2, 0.25) is 0 Å². The van der Waals surface area contributed by atoms with E-state index in [1.165, 1.54) is 11.4 Å². The van der Waals surface area contributed by atoms with Gasteiger partial charge in [-0.25, -0.2) is 0 Å². The summed E-state index contributed by atoms with van der Waals surface area (Å²) in [6.45, 7) is 6.89. The van der Waals surface area contributed by atoms with Crippen LogP contribution in [0, 0.1) is 0 Å². The number of hydrogen-bond acceptors (Lipinski definition) is 3. The summed E-state index contributed by atoms with van der Waals surface area (Å²) in [5, 5.41) is 7.95. The molecule has 0 unspecified atom stereocenters. The molecule has 0 fully saturated rings. The van der Waals surface area contributed by atoms with E-state index in [4.69, 9.17) is 4.42 Å². The van der Waals surface area contributed by atoms with Gasteiger partial charge >= 0.3 is 0 Å². The maximum atomic E-state index is 5.27. The first-order chi connectivity index (χ1) is 8.83. The van der Waals surface area contributed by atoms with Gasteiger partial charge in [-0.1, -0.05) is 13.8 Å². The van der Waals surface area contributed by atoms with Gasteiger partial charge in [0, 0.05) is 12.2 Å². The zero-order valence-electron chi connectivity index (χ0n) is 11.1. The Hall–Kier alpha value is -1.55. The number of aromatic nitrogens is 2. The first-order valence-corrected chi connectivity index (χ1v) is 6.62. The smallest absolute Gasteiger partial charge is 0.117 e. The molecule has 1 N–H and O–H groups in total. The second kappa shape index (κ2) is 6.40. The Labute approximate surface area is 108 Å². The van der Waals surface area contributed by atoms with Crippen molar-refractivity contribution in [3.05, 3.63) is 41.6 Å². The number of nitrogens with one attached hydrogen (secondary N) is 1. The molecule has 0 saturated carbocycles. The summed E-state index contributed by atoms with van der Waals surface area (Å²) in [6.07, 6.45) is 3.73. The molecule has 0 bridgehead atoms. The molecule has 2 rings (SSSR count). The molecule has 0 aromatic carbocycles. The maximum absolute atomic E-state index is 5.27. The van der Waals surface area contributed by atoms with Gasteiger partial charge in [0.1, 0.15) is 5.76 Å². The molecule has 98 valence electrons. The van der Waals surface area contributed by atoms with E-state index in [9.17, 15) is 0 Å². The quantitative estimate of drug-likeness (QED) is 0.764. The Morgan fingerprint density at radius 1 is 1.33 bits per heavy atom. The molecular formula is C14H21N3O. The molecule has 0 radical (unpaired) electrons. The standard InChI is InChI=1S/C14H21N3O/c1-3-12-10-13(4-2)17(16-12)8-7-15-11-14-6-5-9-18-14/h5-6,9-10,15H,3-4,7-8,11H2,1-2H3. The molecule has 0 aliphatic carbocycles. The lowest BCUT2D eigenvalue weighted by Crippen LogP contribution is -2.20. The summed E-state index contributed by atoms with van der Waals surface area (Å²) in [5.74, 6) is 0.973. The number of hydrogen-bond donors (Lipinski definition) is 1. The lowest BCUT2D eigenvalue weighted by atomic mass is 10.2. The van der Waals surface area contributed by atoms with Crippen molar-refractivity contribution in [2.24, 2.45) is 0 Å². The fraction of sp³-hybridized carbons (Fsp3) is 0.500. The average molecular weight is 247 g/mol. The van der Waals surface area contributed by atoms with Gasteiger partial charge in [-0.2, -0.15) is 5.10 Å². The van der Waals surface area contributed by atoms with E-state index in [0.29, 0.717) is 0 Å². The van der Waals surface area contributed by atoms with Gasteiger partial charge in [-0.05, 0) is 31.0 Å². The van der Waals surface area contributed by atoms with Crippen LogP contribution in [-0.4, -0.2) is 16.3 Å². The molecule has 0 atom stereocenters. The monoisotopic (exact) mass is 247 g/mol. The van der Waals surface area contributed by atoms with E-state index < -0.39 is 0 Å². The average Bonchev–Trinajstić information content (AvgIpc) is 3.03. The third-order valence-electron chi connectivity index (χ3n) is 3.02. The molecule has 0 saturated heterocycles. The first-order valence-electron chi connectivity index (χ1n) is 6.62. The second-order valence-electron chi connectivity index (χ2n) is 4.31. The van der Waals surface area contributed by atoms with Crippen molar-refractivity contribution in [2.75, 3.05) is 6.54 Å². The van der Waals surface area contributed by atoms with Crippen molar-refractivity contribution in [1.29, 1.82) is 0 Å². The van der Waals surface area contributed by atoms with Crippen LogP contribution in [-0.2, 0) is 25.9 Å². The fourth-order valence-corrected chi connectivity index (χ4v) is 1.98. The minimum Gasteiger partial charge on any atom is -0.468 e. The summed E-state index contributed by atoms with van der Waals surface area (Å²) < 4.78 is 7.37. The SMILES string of the molecule is CCc1cc(CC)n(CCNCc2ccco2)n1. The van der Waals surface area contributed by atoms with Crippen LogP contribution in [0.15, 0.2) is 28.9 Å². The van der Waals surface area contributed by atoms with E-state index in [-0.39, 0.29) is 0 Å². The number of furan rings is 1. The number of rotatable bonds is 7. The molecule has 0 spiro atoms. The normalized spacial score (nSPS) is 11.0. The van der Waals surface area contributed by atoms with Gasteiger partial charge in [0.25, 0.3) is 0 Å². The van der Waals surface area contributed by atoms with Crippen molar-refractivity contribution >= 4 is 0 Å². The van der Waals surface area contributed by atoms with Crippen LogP contribution >= 0.6 is 0 Å². The first kappa shape index (κ1) is 12.9. The fourth-order valence-electron chi connectivity index (χ4n) is 1.98. The summed E-state index contributed by atoms with van der Waals surface area (Å²) in [6, 6.07) is 6.09. The highest BCUT2D eigenvalue weighted by Gasteiger charge is 2.04. The molecule has 0 amide bonds. The van der Waals surface area contributed by atoms with Crippen LogP contribution in [0.4, 0.5) is 0 Å². The van der Waals surface area contributed by atoms with Crippen LogP contribution in [0.5, 0.6) is 0 Å². The zero-order valence-corrected chi connectivity index (χ0v) is 11.1. The van der Waals surface area contributed by atoms with Crippen LogP contribution in [0.1, 0.15) is 31.0 Å². The third kappa shape index (κ3) is 3.23. The lowest BCUT2D eigenvalue weighted by Gasteiger charge is -2.06. The molecule has 4 nitrogen and oxygen atoms in total. The van der Waals surface area contributed by atoms with Crippen molar-refractivity contribution in [3.8, 4) is 0 Å². The van der Waals surface area contributed by atoms with Gasteiger partial charge in [-0.15, -0.1) is 0 Å². The Bertz CT molecular complexity index is 459. The minimum absolute atomic E-state index is 0.774. The summed E-state index contributed by atoms with van der Waals surface area (Å²) >= 11 is 0. The van der Waals surface area contributed by atoms with E-state index >= 15 is 0 Å². The molecule has 2 heterocycles. The zero-order chi connectivity index (χ0) is 12.8. The number of aryl methyl sites for hydroxylation is 2. The molecule has 18 heavy (non-hydrogen) atoms. The lowest BCUT2D eigenvalue weighted by molar-refractivity contribution is 0.466. The Morgan fingerprint density at radius 3 is 2.89 bits per heavy atom. The van der Waals surface area contributed by atoms with Gasteiger partial charge in [-0.3, -0.25) is 4.68 Å². The minimum atomic E-state index is 0.774. The van der Waals surface area contributed by atoms with Crippen molar-refractivity contribution in [3.63, 3.8) is 0 Å². The van der Waals surface area contributed by atoms with Gasteiger partial charge in [0.15, 0.2) is 0 Å². The molecular weight excluding hydrogens is 226 g/mol. The molecule has 2 aromatic rings. The topological polar surface area (TPSA) is 43.0 Å². The van der Waals surface area contributed by atoms with Crippen LogP contribution in [0.2, 0.25) is 0 Å². The van der Waals surface area contributed by atoms with E-state index in [1.54, 1.807) is 6.26 Å². The summed E-state index contributed by atoms with van der Waals surface area (Å²) in [4.78, 5) is 0. The van der Waals surface area contributed by atoms with E-state index in [1.807, 2.05) is 12.1 Å². The van der Waals surface area contributed by atoms with Crippen LogP contribution in [0.3, 0.4) is 0 Å². The Morgan fingerprint density at radius 2 is 2.22 bits per heavy atom. The van der Waals surface area contributed by atoms with Crippen molar-refractivity contribution in [2.45, 2.75) is 39.8 Å². The van der Waals surface area contributed by atoms with Gasteiger partial charge in [0.05, 0.1) is 25.0 Å². The number of nitrogens with zero attached hydrogens (tertiary/aromatic N) is 2. The van der Waals surface area contributed by atoms with E-state index in [2.05, 4.69) is 35.0 Å². The Balaban J connectivity index is 1.80. The maximum Gasteiger partial charge on any atom is 0.117 e. The third-order valence-corrected chi connectivity index (χ3v) is 3.02. The van der Waals surface area contributed by atoms with Crippen LogP contribution in [0.25, 0.3) is 0 Å². The summed E-state index contributed by atoms with van der Waals surface area (Å²) in [5.41, 5.74) is 2.49. The van der Waals surface area contributed by atoms with Crippen LogP contribution < -0.4 is 5.32 Å². The summed E-state index contributed by atoms with van der Waals surface area (Å²) in [7, 11) is 0. The molecule has 4 heteroatoms. The van der Waals surface area contributed by atoms with Crippen molar-refractivity contribution < 1.29 is 4.42 Å². The molecule has 0 aliphatic heterocycles.